The van der Waals surface area contributed by atoms with Gasteiger partial charge < -0.3 is 20.5 Å². The molecule has 0 spiro atoms. The van der Waals surface area contributed by atoms with Gasteiger partial charge >= 0.3 is 5.97 Å². The van der Waals surface area contributed by atoms with Crippen LogP contribution in [-0.2, 0) is 19.1 Å². The fourth-order valence-electron chi connectivity index (χ4n) is 1.21. The third kappa shape index (κ3) is 6.78. The van der Waals surface area contributed by atoms with Crippen LogP contribution in [0.5, 0.6) is 0 Å². The van der Waals surface area contributed by atoms with Crippen molar-refractivity contribution in [2.24, 2.45) is 11.1 Å². The minimum absolute atomic E-state index is 0. The summed E-state index contributed by atoms with van der Waals surface area (Å²) in [6.45, 7) is 3.91. The van der Waals surface area contributed by atoms with Crippen LogP contribution in [0, 0.1) is 5.41 Å². The van der Waals surface area contributed by atoms with E-state index in [1.165, 1.54) is 14.2 Å². The summed E-state index contributed by atoms with van der Waals surface area (Å²) in [5.74, 6) is -0.556. The maximum Gasteiger partial charge on any atom is 0.313 e. The van der Waals surface area contributed by atoms with Crippen molar-refractivity contribution in [1.82, 2.24) is 5.32 Å². The Balaban J connectivity index is 0. The molecule has 1 amide bonds. The second kappa shape index (κ2) is 9.13. The number of nitrogens with one attached hydrogen (secondary N) is 1. The number of carbonyl (C=O) groups is 2. The molecule has 0 aliphatic carbocycles. The monoisotopic (exact) mass is 282 g/mol. The topological polar surface area (TPSA) is 90.7 Å². The summed E-state index contributed by atoms with van der Waals surface area (Å²) in [6, 6.07) is 0. The number of methoxy groups -OCH3 is 2. The normalized spacial score (nSPS) is 12.3. The molecule has 0 heterocycles. The van der Waals surface area contributed by atoms with E-state index in [-0.39, 0.29) is 49.9 Å². The summed E-state index contributed by atoms with van der Waals surface area (Å²) in [5, 5.41) is 2.66. The largest absolute Gasteiger partial charge is 0.469 e. The molecule has 0 saturated carbocycles. The molecule has 18 heavy (non-hydrogen) atoms. The fraction of sp³-hybridized carbons (Fsp3) is 0.818. The van der Waals surface area contributed by atoms with E-state index in [1.54, 1.807) is 13.8 Å². The Morgan fingerprint density at radius 3 is 2.28 bits per heavy atom. The predicted octanol–water partition coefficient (Wildman–Crippen LogP) is 0.0874. The maximum atomic E-state index is 11.5. The van der Waals surface area contributed by atoms with Crippen molar-refractivity contribution in [1.29, 1.82) is 0 Å². The van der Waals surface area contributed by atoms with E-state index in [9.17, 15) is 9.59 Å². The zero-order valence-electron chi connectivity index (χ0n) is 11.3. The predicted molar refractivity (Wildman–Crippen MR) is 70.5 cm³/mol. The van der Waals surface area contributed by atoms with Crippen LogP contribution in [0.2, 0.25) is 0 Å². The second-order valence-corrected chi connectivity index (χ2v) is 4.45. The first-order valence-electron chi connectivity index (χ1n) is 5.45. The van der Waals surface area contributed by atoms with Crippen LogP contribution in [0.25, 0.3) is 0 Å². The molecule has 0 aromatic rings. The van der Waals surface area contributed by atoms with Crippen LogP contribution < -0.4 is 11.1 Å². The van der Waals surface area contributed by atoms with E-state index in [4.69, 9.17) is 10.5 Å². The van der Waals surface area contributed by atoms with Crippen molar-refractivity contribution >= 4 is 24.3 Å². The van der Waals surface area contributed by atoms with E-state index in [0.29, 0.717) is 0 Å². The van der Waals surface area contributed by atoms with Gasteiger partial charge in [0.15, 0.2) is 0 Å². The average molecular weight is 283 g/mol. The summed E-state index contributed by atoms with van der Waals surface area (Å²) >= 11 is 0. The Bertz CT molecular complexity index is 268. The Kier molecular flexibility index (Phi) is 9.88. The van der Waals surface area contributed by atoms with Crippen molar-refractivity contribution in [2.75, 3.05) is 27.3 Å². The highest BCUT2D eigenvalue weighted by Gasteiger charge is 2.29. The van der Waals surface area contributed by atoms with E-state index in [0.717, 1.165) is 0 Å². The molecular formula is C11H23ClN2O4. The Morgan fingerprint density at radius 1 is 1.33 bits per heavy atom. The zero-order valence-corrected chi connectivity index (χ0v) is 12.1. The molecular weight excluding hydrogens is 260 g/mol. The highest BCUT2D eigenvalue weighted by atomic mass is 35.5. The molecule has 3 N–H and O–H groups in total. The van der Waals surface area contributed by atoms with Crippen molar-refractivity contribution in [3.05, 3.63) is 0 Å². The van der Waals surface area contributed by atoms with Gasteiger partial charge in [0.2, 0.25) is 5.91 Å². The Labute approximate surface area is 114 Å². The smallest absolute Gasteiger partial charge is 0.313 e. The van der Waals surface area contributed by atoms with Gasteiger partial charge in [-0.05, 0) is 13.8 Å². The summed E-state index contributed by atoms with van der Waals surface area (Å²) < 4.78 is 9.63. The summed E-state index contributed by atoms with van der Waals surface area (Å²) in [7, 11) is 2.82. The van der Waals surface area contributed by atoms with Crippen LogP contribution in [0.3, 0.4) is 0 Å². The molecule has 0 fully saturated rings. The molecule has 0 aromatic carbocycles. The first-order chi connectivity index (χ1) is 7.87. The third-order valence-electron chi connectivity index (χ3n) is 2.47. The SMILES string of the molecule is COC(=O)C(C)(C)CNC(=O)CC(CN)OC.Cl. The number of ether oxygens (including phenoxy) is 2. The van der Waals surface area contributed by atoms with Crippen LogP contribution in [0.15, 0.2) is 0 Å². The number of esters is 1. The lowest BCUT2D eigenvalue weighted by molar-refractivity contribution is -0.150. The van der Waals surface area contributed by atoms with Gasteiger partial charge in [-0.1, -0.05) is 0 Å². The molecule has 1 atom stereocenters. The lowest BCUT2D eigenvalue weighted by Crippen LogP contribution is -2.41. The standard InChI is InChI=1S/C11H22N2O4.ClH/c1-11(2,10(15)17-4)7-13-9(14)5-8(6-12)16-3;/h8H,5-7,12H2,1-4H3,(H,13,14);1H. The van der Waals surface area contributed by atoms with Crippen molar-refractivity contribution < 1.29 is 19.1 Å². The van der Waals surface area contributed by atoms with Crippen molar-refractivity contribution in [3.63, 3.8) is 0 Å². The molecule has 0 saturated heterocycles. The number of halogens is 1. The van der Waals surface area contributed by atoms with Gasteiger partial charge in [-0.15, -0.1) is 12.4 Å². The maximum absolute atomic E-state index is 11.5. The van der Waals surface area contributed by atoms with Crippen LogP contribution in [0.4, 0.5) is 0 Å². The number of hydrogen-bond acceptors (Lipinski definition) is 5. The summed E-state index contributed by atoms with van der Waals surface area (Å²) in [6.07, 6.45) is -0.110. The van der Waals surface area contributed by atoms with E-state index >= 15 is 0 Å². The first-order valence-corrected chi connectivity index (χ1v) is 5.45. The van der Waals surface area contributed by atoms with E-state index in [2.05, 4.69) is 10.1 Å². The number of hydrogen-bond donors (Lipinski definition) is 2. The zero-order chi connectivity index (χ0) is 13.5. The lowest BCUT2D eigenvalue weighted by Gasteiger charge is -2.22. The molecule has 0 aliphatic rings. The van der Waals surface area contributed by atoms with Gasteiger partial charge in [0, 0.05) is 20.2 Å². The third-order valence-corrected chi connectivity index (χ3v) is 2.47. The summed E-state index contributed by atoms with van der Waals surface area (Å²) in [4.78, 5) is 22.9. The minimum Gasteiger partial charge on any atom is -0.469 e. The molecule has 0 aliphatic heterocycles. The highest BCUT2D eigenvalue weighted by molar-refractivity contribution is 5.85. The van der Waals surface area contributed by atoms with Gasteiger partial charge in [-0.2, -0.15) is 0 Å². The van der Waals surface area contributed by atoms with Crippen molar-refractivity contribution in [2.45, 2.75) is 26.4 Å². The molecule has 108 valence electrons. The van der Waals surface area contributed by atoms with Crippen LogP contribution in [0.1, 0.15) is 20.3 Å². The van der Waals surface area contributed by atoms with Crippen LogP contribution >= 0.6 is 12.4 Å². The van der Waals surface area contributed by atoms with Gasteiger partial charge in [0.25, 0.3) is 0 Å². The highest BCUT2D eigenvalue weighted by Crippen LogP contribution is 2.15. The van der Waals surface area contributed by atoms with Crippen LogP contribution in [-0.4, -0.2) is 45.3 Å². The molecule has 6 nitrogen and oxygen atoms in total. The molecule has 7 heteroatoms. The second-order valence-electron chi connectivity index (χ2n) is 4.45. The Hall–Kier alpha value is -0.850. The Morgan fingerprint density at radius 2 is 1.89 bits per heavy atom. The number of amides is 1. The van der Waals surface area contributed by atoms with Gasteiger partial charge in [-0.3, -0.25) is 9.59 Å². The number of rotatable bonds is 7. The fourth-order valence-corrected chi connectivity index (χ4v) is 1.21. The molecule has 0 radical (unpaired) electrons. The van der Waals surface area contributed by atoms with E-state index < -0.39 is 5.41 Å². The molecule has 0 bridgehead atoms. The molecule has 0 rings (SSSR count). The number of carbonyl (C=O) groups excluding carboxylic acids is 2. The quantitative estimate of drug-likeness (QED) is 0.646. The summed E-state index contributed by atoms with van der Waals surface area (Å²) in [5.41, 5.74) is 4.66. The van der Waals surface area contributed by atoms with E-state index in [1.807, 2.05) is 0 Å². The van der Waals surface area contributed by atoms with Gasteiger partial charge in [0.05, 0.1) is 25.0 Å². The van der Waals surface area contributed by atoms with Gasteiger partial charge in [-0.25, -0.2) is 0 Å². The first kappa shape index (κ1) is 19.5. The van der Waals surface area contributed by atoms with Gasteiger partial charge in [0.1, 0.15) is 0 Å². The lowest BCUT2D eigenvalue weighted by atomic mass is 9.93. The van der Waals surface area contributed by atoms with Crippen molar-refractivity contribution in [3.8, 4) is 0 Å². The minimum atomic E-state index is -0.740. The number of nitrogens with two attached hydrogens (primary N) is 1. The average Bonchev–Trinajstić information content (AvgIpc) is 2.32. The molecule has 0 aromatic heterocycles. The molecule has 1 unspecified atom stereocenters.